The van der Waals surface area contributed by atoms with Crippen molar-refractivity contribution in [1.82, 2.24) is 0 Å². The van der Waals surface area contributed by atoms with Crippen LogP contribution in [0.15, 0.2) is 46.2 Å². The lowest BCUT2D eigenvalue weighted by Gasteiger charge is -2.22. The fraction of sp³-hybridized carbons (Fsp3) is 0.368. The van der Waals surface area contributed by atoms with E-state index in [-0.39, 0.29) is 0 Å². The molecule has 0 radical (unpaired) electrons. The van der Waals surface area contributed by atoms with Crippen molar-refractivity contribution >= 4 is 9.84 Å². The summed E-state index contributed by atoms with van der Waals surface area (Å²) in [6.45, 7) is 8.42. The van der Waals surface area contributed by atoms with Gasteiger partial charge in [0, 0.05) is 6.42 Å². The van der Waals surface area contributed by atoms with Crippen molar-refractivity contribution in [2.75, 3.05) is 0 Å². The van der Waals surface area contributed by atoms with Crippen LogP contribution in [-0.4, -0.2) is 8.42 Å². The number of fused-ring (bicyclic) bond motifs is 2. The Morgan fingerprint density at radius 2 is 1.36 bits per heavy atom. The van der Waals surface area contributed by atoms with E-state index in [0.717, 1.165) is 16.7 Å². The van der Waals surface area contributed by atoms with E-state index in [0.29, 0.717) is 28.0 Å². The van der Waals surface area contributed by atoms with Crippen LogP contribution < -0.4 is 0 Å². The third-order valence-electron chi connectivity index (χ3n) is 4.47. The summed E-state index contributed by atoms with van der Waals surface area (Å²) in [4.78, 5) is 0.966. The van der Waals surface area contributed by atoms with E-state index in [9.17, 15) is 8.42 Å². The molecule has 3 heteroatoms. The van der Waals surface area contributed by atoms with Crippen LogP contribution in [0.2, 0.25) is 0 Å². The SMILES string of the molecule is CC(C)c1ccc2c(c1)Cc1ccc(C(C)C)cc1S2(=O)=O. The highest BCUT2D eigenvalue weighted by Gasteiger charge is 2.30. The van der Waals surface area contributed by atoms with Gasteiger partial charge in [-0.3, -0.25) is 0 Å². The largest absolute Gasteiger partial charge is 0.218 e. The minimum absolute atomic E-state index is 0.324. The summed E-state index contributed by atoms with van der Waals surface area (Å²) in [5.74, 6) is 0.725. The average molecular weight is 314 g/mol. The normalized spacial score (nSPS) is 15.7. The lowest BCUT2D eigenvalue weighted by molar-refractivity contribution is 0.591. The highest BCUT2D eigenvalue weighted by molar-refractivity contribution is 7.91. The molecule has 0 saturated carbocycles. The second-order valence-electron chi connectivity index (χ2n) is 6.72. The van der Waals surface area contributed by atoms with Gasteiger partial charge in [-0.25, -0.2) is 8.42 Å². The van der Waals surface area contributed by atoms with Gasteiger partial charge in [-0.15, -0.1) is 0 Å². The maximum Gasteiger partial charge on any atom is 0.207 e. The lowest BCUT2D eigenvalue weighted by Crippen LogP contribution is -2.15. The summed E-state index contributed by atoms with van der Waals surface area (Å²) in [6, 6.07) is 11.7. The first-order valence-corrected chi connectivity index (χ1v) is 9.29. The van der Waals surface area contributed by atoms with Crippen molar-refractivity contribution in [3.63, 3.8) is 0 Å². The molecule has 0 fully saturated rings. The van der Waals surface area contributed by atoms with E-state index in [1.54, 1.807) is 6.07 Å². The molecule has 2 aromatic carbocycles. The molecule has 116 valence electrons. The fourth-order valence-corrected chi connectivity index (χ4v) is 4.75. The van der Waals surface area contributed by atoms with Crippen molar-refractivity contribution in [3.05, 3.63) is 58.7 Å². The highest BCUT2D eigenvalue weighted by Crippen LogP contribution is 2.37. The molecule has 0 bridgehead atoms. The Morgan fingerprint density at radius 3 is 2.00 bits per heavy atom. The molecule has 0 aliphatic carbocycles. The van der Waals surface area contributed by atoms with Crippen LogP contribution in [0, 0.1) is 0 Å². The summed E-state index contributed by atoms with van der Waals surface area (Å²) in [7, 11) is -3.40. The van der Waals surface area contributed by atoms with E-state index in [1.165, 1.54) is 5.56 Å². The molecule has 0 N–H and O–H groups in total. The van der Waals surface area contributed by atoms with E-state index in [2.05, 4.69) is 39.8 Å². The van der Waals surface area contributed by atoms with Crippen molar-refractivity contribution in [2.24, 2.45) is 0 Å². The Hall–Kier alpha value is -1.61. The van der Waals surface area contributed by atoms with Crippen LogP contribution in [0.4, 0.5) is 0 Å². The maximum absolute atomic E-state index is 13.0. The monoisotopic (exact) mass is 314 g/mol. The van der Waals surface area contributed by atoms with Crippen LogP contribution in [0.5, 0.6) is 0 Å². The van der Waals surface area contributed by atoms with Gasteiger partial charge < -0.3 is 0 Å². The fourth-order valence-electron chi connectivity index (χ4n) is 3.01. The molecule has 0 aromatic heterocycles. The molecular weight excluding hydrogens is 292 g/mol. The molecule has 2 nitrogen and oxygen atoms in total. The van der Waals surface area contributed by atoms with Crippen molar-refractivity contribution in [2.45, 2.75) is 55.7 Å². The number of rotatable bonds is 2. The zero-order chi connectivity index (χ0) is 16.1. The molecule has 1 heterocycles. The smallest absolute Gasteiger partial charge is 0.207 e. The predicted molar refractivity (Wildman–Crippen MR) is 89.3 cm³/mol. The molecule has 1 aliphatic rings. The van der Waals surface area contributed by atoms with E-state index < -0.39 is 9.84 Å². The zero-order valence-electron chi connectivity index (χ0n) is 13.6. The van der Waals surface area contributed by atoms with Crippen LogP contribution in [0.25, 0.3) is 0 Å². The Labute approximate surface area is 133 Å². The van der Waals surface area contributed by atoms with Gasteiger partial charge >= 0.3 is 0 Å². The van der Waals surface area contributed by atoms with Gasteiger partial charge in [0.25, 0.3) is 0 Å². The van der Waals surface area contributed by atoms with Crippen LogP contribution >= 0.6 is 0 Å². The van der Waals surface area contributed by atoms with Gasteiger partial charge in [-0.05, 0) is 46.2 Å². The molecule has 22 heavy (non-hydrogen) atoms. The van der Waals surface area contributed by atoms with Crippen LogP contribution in [0.3, 0.4) is 0 Å². The topological polar surface area (TPSA) is 34.1 Å². The first kappa shape index (κ1) is 15.3. The Balaban J connectivity index is 2.19. The van der Waals surface area contributed by atoms with Crippen molar-refractivity contribution in [1.29, 1.82) is 0 Å². The number of hydrogen-bond acceptors (Lipinski definition) is 2. The summed E-state index contributed by atoms with van der Waals surface area (Å²) in [5, 5.41) is 0. The second-order valence-corrected chi connectivity index (χ2v) is 8.61. The Bertz CT molecular complexity index is 831. The van der Waals surface area contributed by atoms with E-state index >= 15 is 0 Å². The van der Waals surface area contributed by atoms with Gasteiger partial charge in [-0.1, -0.05) is 52.0 Å². The van der Waals surface area contributed by atoms with Gasteiger partial charge in [0.05, 0.1) is 9.79 Å². The minimum Gasteiger partial charge on any atom is -0.218 e. The first-order valence-electron chi connectivity index (χ1n) is 7.81. The summed E-state index contributed by atoms with van der Waals surface area (Å²) in [5.41, 5.74) is 4.11. The zero-order valence-corrected chi connectivity index (χ0v) is 14.4. The number of benzene rings is 2. The highest BCUT2D eigenvalue weighted by atomic mass is 32.2. The number of hydrogen-bond donors (Lipinski definition) is 0. The van der Waals surface area contributed by atoms with Crippen molar-refractivity contribution < 1.29 is 8.42 Å². The standard InChI is InChI=1S/C19H22O2S/c1-12(2)14-7-8-18-17(9-14)10-16-6-5-15(13(3)4)11-19(16)22(18,20)21/h5-9,11-13H,10H2,1-4H3. The second kappa shape index (κ2) is 5.24. The lowest BCUT2D eigenvalue weighted by atomic mass is 9.95. The van der Waals surface area contributed by atoms with Gasteiger partial charge in [0.2, 0.25) is 9.84 Å². The summed E-state index contributed by atoms with van der Waals surface area (Å²) >= 11 is 0. The minimum atomic E-state index is -3.40. The van der Waals surface area contributed by atoms with Gasteiger partial charge in [-0.2, -0.15) is 0 Å². The van der Waals surface area contributed by atoms with Crippen molar-refractivity contribution in [3.8, 4) is 0 Å². The molecule has 1 aliphatic heterocycles. The van der Waals surface area contributed by atoms with Crippen LogP contribution in [0.1, 0.15) is 61.8 Å². The average Bonchev–Trinajstić information content (AvgIpc) is 2.46. The van der Waals surface area contributed by atoms with Gasteiger partial charge in [0.1, 0.15) is 0 Å². The summed E-state index contributed by atoms with van der Waals surface area (Å²) in [6.07, 6.45) is 0.697. The molecule has 3 rings (SSSR count). The third-order valence-corrected chi connectivity index (χ3v) is 6.41. The number of sulfone groups is 1. The molecule has 0 unspecified atom stereocenters. The molecule has 0 amide bonds. The molecule has 2 aromatic rings. The summed E-state index contributed by atoms with van der Waals surface area (Å²) < 4.78 is 25.9. The molecule has 0 atom stereocenters. The Kier molecular flexibility index (Phi) is 3.64. The Morgan fingerprint density at radius 1 is 0.773 bits per heavy atom. The maximum atomic E-state index is 13.0. The van der Waals surface area contributed by atoms with E-state index in [1.807, 2.05) is 18.2 Å². The third kappa shape index (κ3) is 2.38. The van der Waals surface area contributed by atoms with E-state index in [4.69, 9.17) is 0 Å². The van der Waals surface area contributed by atoms with Gasteiger partial charge in [0.15, 0.2) is 0 Å². The molecule has 0 saturated heterocycles. The molecular formula is C19H22O2S. The quantitative estimate of drug-likeness (QED) is 0.689. The van der Waals surface area contributed by atoms with Crippen LogP contribution in [-0.2, 0) is 16.3 Å². The predicted octanol–water partition coefficient (Wildman–Crippen LogP) is 4.67. The first-order chi connectivity index (χ1) is 10.3. The molecule has 0 spiro atoms.